The van der Waals surface area contributed by atoms with Crippen molar-refractivity contribution in [2.45, 2.75) is 32.7 Å². The van der Waals surface area contributed by atoms with Gasteiger partial charge in [-0.15, -0.1) is 0 Å². The number of aryl methyl sites for hydroxylation is 1. The van der Waals surface area contributed by atoms with E-state index in [0.717, 1.165) is 23.5 Å². The van der Waals surface area contributed by atoms with Gasteiger partial charge in [-0.05, 0) is 32.2 Å². The van der Waals surface area contributed by atoms with Gasteiger partial charge in [-0.2, -0.15) is 15.1 Å². The van der Waals surface area contributed by atoms with Crippen LogP contribution >= 0.6 is 0 Å². The first-order valence-electron chi connectivity index (χ1n) is 7.97. The predicted molar refractivity (Wildman–Crippen MR) is 88.6 cm³/mol. The molecule has 0 amide bonds. The number of nitrogen functional groups attached to an aromatic ring is 1. The first-order valence-corrected chi connectivity index (χ1v) is 7.97. The fourth-order valence-corrected chi connectivity index (χ4v) is 3.12. The Kier molecular flexibility index (Phi) is 4.15. The van der Waals surface area contributed by atoms with Gasteiger partial charge in [0.05, 0.1) is 11.6 Å². The maximum Gasteiger partial charge on any atom is 0.226 e. The highest BCUT2D eigenvalue weighted by molar-refractivity contribution is 5.86. The van der Waals surface area contributed by atoms with E-state index in [-0.39, 0.29) is 0 Å². The minimum Gasteiger partial charge on any atom is -0.383 e. The standard InChI is InChI=1S/C15H25N7/c1-10-5-4-6-22(9-10)11(2)7-17-15-19-13(16)12-8-18-21(3)14(12)20-15/h8,10-11H,4-7,9H2,1-3H3,(H3,16,17,19,20). The maximum absolute atomic E-state index is 5.98. The second-order valence-corrected chi connectivity index (χ2v) is 6.41. The number of anilines is 2. The largest absolute Gasteiger partial charge is 0.383 e. The molecule has 0 saturated carbocycles. The van der Waals surface area contributed by atoms with Gasteiger partial charge in [0.15, 0.2) is 5.65 Å². The highest BCUT2D eigenvalue weighted by atomic mass is 15.3. The second-order valence-electron chi connectivity index (χ2n) is 6.41. The van der Waals surface area contributed by atoms with Crippen LogP contribution in [0, 0.1) is 5.92 Å². The summed E-state index contributed by atoms with van der Waals surface area (Å²) in [4.78, 5) is 11.4. The number of nitrogens with zero attached hydrogens (tertiary/aromatic N) is 5. The predicted octanol–water partition coefficient (Wildman–Crippen LogP) is 1.48. The smallest absolute Gasteiger partial charge is 0.226 e. The molecule has 7 nitrogen and oxygen atoms in total. The molecular formula is C15H25N7. The normalized spacial score (nSPS) is 21.1. The first kappa shape index (κ1) is 15.0. The van der Waals surface area contributed by atoms with E-state index < -0.39 is 0 Å². The first-order chi connectivity index (χ1) is 10.5. The van der Waals surface area contributed by atoms with Gasteiger partial charge >= 0.3 is 0 Å². The minimum atomic E-state index is 0.454. The summed E-state index contributed by atoms with van der Waals surface area (Å²) in [5, 5.41) is 8.29. The van der Waals surface area contributed by atoms with Gasteiger partial charge in [-0.3, -0.25) is 9.58 Å². The van der Waals surface area contributed by atoms with E-state index >= 15 is 0 Å². The fraction of sp³-hybridized carbons (Fsp3) is 0.667. The van der Waals surface area contributed by atoms with Crippen molar-refractivity contribution in [3.05, 3.63) is 6.20 Å². The topological polar surface area (TPSA) is 84.9 Å². The van der Waals surface area contributed by atoms with Crippen LogP contribution in [0.4, 0.5) is 11.8 Å². The van der Waals surface area contributed by atoms with Crippen LogP contribution in [0.15, 0.2) is 6.20 Å². The summed E-state index contributed by atoms with van der Waals surface area (Å²) < 4.78 is 1.72. The van der Waals surface area contributed by atoms with E-state index in [1.807, 2.05) is 7.05 Å². The molecule has 2 atom stereocenters. The number of hydrogen-bond acceptors (Lipinski definition) is 6. The highest BCUT2D eigenvalue weighted by Gasteiger charge is 2.21. The van der Waals surface area contributed by atoms with E-state index in [4.69, 9.17) is 5.73 Å². The number of piperidine rings is 1. The van der Waals surface area contributed by atoms with Crippen LogP contribution in [0.3, 0.4) is 0 Å². The summed E-state index contributed by atoms with van der Waals surface area (Å²) in [6.45, 7) is 7.74. The van der Waals surface area contributed by atoms with Gasteiger partial charge in [0.25, 0.3) is 0 Å². The Balaban J connectivity index is 1.67. The van der Waals surface area contributed by atoms with Crippen molar-refractivity contribution < 1.29 is 0 Å². The van der Waals surface area contributed by atoms with Gasteiger partial charge in [-0.25, -0.2) is 0 Å². The molecule has 2 aromatic rings. The lowest BCUT2D eigenvalue weighted by molar-refractivity contribution is 0.144. The van der Waals surface area contributed by atoms with Crippen molar-refractivity contribution in [3.63, 3.8) is 0 Å². The van der Waals surface area contributed by atoms with Crippen LogP contribution < -0.4 is 11.1 Å². The molecule has 2 unspecified atom stereocenters. The van der Waals surface area contributed by atoms with E-state index in [1.54, 1.807) is 10.9 Å². The van der Waals surface area contributed by atoms with Crippen LogP contribution in [0.2, 0.25) is 0 Å². The zero-order chi connectivity index (χ0) is 15.7. The van der Waals surface area contributed by atoms with E-state index in [0.29, 0.717) is 17.8 Å². The molecule has 1 aliphatic heterocycles. The lowest BCUT2D eigenvalue weighted by Crippen LogP contribution is -2.43. The molecule has 7 heteroatoms. The third-order valence-corrected chi connectivity index (χ3v) is 4.49. The van der Waals surface area contributed by atoms with Gasteiger partial charge in [0.2, 0.25) is 5.95 Å². The SMILES string of the molecule is CC1CCCN(C(C)CNc2nc(N)c3cnn(C)c3n2)C1. The molecule has 22 heavy (non-hydrogen) atoms. The third-order valence-electron chi connectivity index (χ3n) is 4.49. The van der Waals surface area contributed by atoms with Gasteiger partial charge in [0, 0.05) is 26.2 Å². The summed E-state index contributed by atoms with van der Waals surface area (Å²) in [7, 11) is 1.86. The monoisotopic (exact) mass is 303 g/mol. The highest BCUT2D eigenvalue weighted by Crippen LogP contribution is 2.20. The molecule has 3 N–H and O–H groups in total. The molecule has 1 fully saturated rings. The zero-order valence-corrected chi connectivity index (χ0v) is 13.6. The van der Waals surface area contributed by atoms with Crippen LogP contribution in [0.1, 0.15) is 26.7 Å². The van der Waals surface area contributed by atoms with Gasteiger partial charge in [-0.1, -0.05) is 6.92 Å². The van der Waals surface area contributed by atoms with Crippen molar-refractivity contribution >= 4 is 22.8 Å². The van der Waals surface area contributed by atoms with E-state index in [1.165, 1.54) is 25.9 Å². The average molecular weight is 303 g/mol. The molecule has 0 spiro atoms. The summed E-state index contributed by atoms with van der Waals surface area (Å²) in [6.07, 6.45) is 4.33. The number of fused-ring (bicyclic) bond motifs is 1. The molecule has 0 radical (unpaired) electrons. The van der Waals surface area contributed by atoms with Crippen molar-refractivity contribution in [2.24, 2.45) is 13.0 Å². The molecule has 0 aliphatic carbocycles. The van der Waals surface area contributed by atoms with Crippen molar-refractivity contribution in [3.8, 4) is 0 Å². The molecule has 1 aliphatic rings. The maximum atomic E-state index is 5.98. The fourth-order valence-electron chi connectivity index (χ4n) is 3.12. The molecule has 3 heterocycles. The Hall–Kier alpha value is -1.89. The lowest BCUT2D eigenvalue weighted by atomic mass is 9.99. The minimum absolute atomic E-state index is 0.454. The summed E-state index contributed by atoms with van der Waals surface area (Å²) in [6, 6.07) is 0.454. The third kappa shape index (κ3) is 2.99. The van der Waals surface area contributed by atoms with Crippen LogP contribution in [0.25, 0.3) is 11.0 Å². The Bertz CT molecular complexity index is 651. The number of aromatic nitrogens is 4. The molecule has 0 bridgehead atoms. The molecule has 2 aromatic heterocycles. The Labute approximate surface area is 130 Å². The summed E-state index contributed by atoms with van der Waals surface area (Å²) in [5.74, 6) is 1.83. The van der Waals surface area contributed by atoms with Crippen molar-refractivity contribution in [1.82, 2.24) is 24.6 Å². The van der Waals surface area contributed by atoms with Crippen molar-refractivity contribution in [2.75, 3.05) is 30.7 Å². The van der Waals surface area contributed by atoms with E-state index in [2.05, 4.69) is 39.1 Å². The van der Waals surface area contributed by atoms with Crippen LogP contribution in [0.5, 0.6) is 0 Å². The number of hydrogen-bond donors (Lipinski definition) is 2. The van der Waals surface area contributed by atoms with Crippen molar-refractivity contribution in [1.29, 1.82) is 0 Å². The number of nitrogens with two attached hydrogens (primary N) is 1. The Morgan fingerprint density at radius 2 is 2.27 bits per heavy atom. The van der Waals surface area contributed by atoms with Crippen LogP contribution in [-0.2, 0) is 7.05 Å². The molecular weight excluding hydrogens is 278 g/mol. The quantitative estimate of drug-likeness (QED) is 0.890. The zero-order valence-electron chi connectivity index (χ0n) is 13.6. The van der Waals surface area contributed by atoms with E-state index in [9.17, 15) is 0 Å². The summed E-state index contributed by atoms with van der Waals surface area (Å²) >= 11 is 0. The van der Waals surface area contributed by atoms with Gasteiger partial charge < -0.3 is 11.1 Å². The Morgan fingerprint density at radius 3 is 3.05 bits per heavy atom. The molecule has 3 rings (SSSR count). The number of rotatable bonds is 4. The Morgan fingerprint density at radius 1 is 1.45 bits per heavy atom. The number of likely N-dealkylation sites (tertiary alicyclic amines) is 1. The number of nitrogens with one attached hydrogen (secondary N) is 1. The van der Waals surface area contributed by atoms with Crippen LogP contribution in [-0.4, -0.2) is 50.3 Å². The summed E-state index contributed by atoms with van der Waals surface area (Å²) in [5.41, 5.74) is 6.74. The molecule has 1 saturated heterocycles. The molecule has 120 valence electrons. The molecule has 0 aromatic carbocycles. The average Bonchev–Trinajstić information content (AvgIpc) is 2.87. The van der Waals surface area contributed by atoms with Gasteiger partial charge in [0.1, 0.15) is 5.82 Å². The second kappa shape index (κ2) is 6.08. The lowest BCUT2D eigenvalue weighted by Gasteiger charge is -2.35.